The largest absolute Gasteiger partial charge is 0.354 e. The Bertz CT molecular complexity index is 234. The first kappa shape index (κ1) is 14.5. The van der Waals surface area contributed by atoms with E-state index in [1.807, 2.05) is 6.92 Å². The lowest BCUT2D eigenvalue weighted by Crippen LogP contribution is -2.48. The van der Waals surface area contributed by atoms with Crippen LogP contribution in [0.5, 0.6) is 0 Å². The van der Waals surface area contributed by atoms with Gasteiger partial charge in [-0.15, -0.1) is 0 Å². The maximum absolute atomic E-state index is 11.8. The molecule has 1 amide bonds. The van der Waals surface area contributed by atoms with Crippen LogP contribution in [0.15, 0.2) is 0 Å². The lowest BCUT2D eigenvalue weighted by atomic mass is 9.99. The molecule has 1 aliphatic rings. The Kier molecular flexibility index (Phi) is 5.96. The summed E-state index contributed by atoms with van der Waals surface area (Å²) in [5.74, 6) is 1.40. The summed E-state index contributed by atoms with van der Waals surface area (Å²) in [5, 5.41) is 6.41. The molecule has 1 rings (SSSR count). The first-order chi connectivity index (χ1) is 8.00. The molecule has 0 radical (unpaired) electrons. The third-order valence-electron chi connectivity index (χ3n) is 3.70. The average molecular weight is 240 g/mol. The molecule has 0 aromatic carbocycles. The SMILES string of the molecule is CC(C)CNC(=O)C(C)NC(C)C1CCCC1. The number of amides is 1. The summed E-state index contributed by atoms with van der Waals surface area (Å²) in [5.41, 5.74) is 0. The Labute approximate surface area is 106 Å². The van der Waals surface area contributed by atoms with Gasteiger partial charge in [-0.3, -0.25) is 4.79 Å². The van der Waals surface area contributed by atoms with E-state index >= 15 is 0 Å². The molecule has 0 saturated heterocycles. The van der Waals surface area contributed by atoms with E-state index in [0.717, 1.165) is 12.5 Å². The lowest BCUT2D eigenvalue weighted by Gasteiger charge is -2.24. The van der Waals surface area contributed by atoms with Gasteiger partial charge in [0.1, 0.15) is 0 Å². The number of carbonyl (C=O) groups excluding carboxylic acids is 1. The van der Waals surface area contributed by atoms with Gasteiger partial charge in [0.25, 0.3) is 0 Å². The van der Waals surface area contributed by atoms with Crippen molar-refractivity contribution in [1.29, 1.82) is 0 Å². The number of nitrogens with one attached hydrogen (secondary N) is 2. The third-order valence-corrected chi connectivity index (χ3v) is 3.70. The smallest absolute Gasteiger partial charge is 0.236 e. The van der Waals surface area contributed by atoms with Crippen LogP contribution in [0, 0.1) is 11.8 Å². The highest BCUT2D eigenvalue weighted by Crippen LogP contribution is 2.27. The summed E-state index contributed by atoms with van der Waals surface area (Å²) in [6, 6.07) is 0.377. The summed E-state index contributed by atoms with van der Waals surface area (Å²) in [4.78, 5) is 11.8. The maximum Gasteiger partial charge on any atom is 0.236 e. The van der Waals surface area contributed by atoms with Crippen LogP contribution in [0.3, 0.4) is 0 Å². The van der Waals surface area contributed by atoms with Gasteiger partial charge in [-0.25, -0.2) is 0 Å². The van der Waals surface area contributed by atoms with Crippen LogP contribution in [0.25, 0.3) is 0 Å². The lowest BCUT2D eigenvalue weighted by molar-refractivity contribution is -0.123. The minimum absolute atomic E-state index is 0.0793. The van der Waals surface area contributed by atoms with E-state index in [1.165, 1.54) is 25.7 Å². The van der Waals surface area contributed by atoms with Crippen molar-refractivity contribution in [3.8, 4) is 0 Å². The molecule has 2 unspecified atom stereocenters. The molecule has 3 heteroatoms. The molecule has 0 bridgehead atoms. The molecule has 0 spiro atoms. The van der Waals surface area contributed by atoms with Crippen molar-refractivity contribution >= 4 is 5.91 Å². The Balaban J connectivity index is 2.26. The third kappa shape index (κ3) is 5.07. The number of carbonyl (C=O) groups is 1. The first-order valence-electron chi connectivity index (χ1n) is 7.04. The van der Waals surface area contributed by atoms with E-state index in [1.54, 1.807) is 0 Å². The van der Waals surface area contributed by atoms with Crippen LogP contribution in [-0.2, 0) is 4.79 Å². The zero-order valence-corrected chi connectivity index (χ0v) is 11.8. The minimum Gasteiger partial charge on any atom is -0.354 e. The summed E-state index contributed by atoms with van der Waals surface area (Å²) >= 11 is 0. The van der Waals surface area contributed by atoms with Gasteiger partial charge >= 0.3 is 0 Å². The molecule has 1 aliphatic carbocycles. The summed E-state index contributed by atoms with van der Waals surface area (Å²) in [6.45, 7) is 9.16. The number of hydrogen-bond donors (Lipinski definition) is 2. The van der Waals surface area contributed by atoms with Gasteiger partial charge in [-0.1, -0.05) is 26.7 Å². The molecule has 2 atom stereocenters. The molecular weight excluding hydrogens is 212 g/mol. The van der Waals surface area contributed by atoms with Crippen molar-refractivity contribution in [3.05, 3.63) is 0 Å². The molecule has 1 fully saturated rings. The Morgan fingerprint density at radius 1 is 1.18 bits per heavy atom. The molecule has 2 N–H and O–H groups in total. The second-order valence-corrected chi connectivity index (χ2v) is 5.86. The van der Waals surface area contributed by atoms with Crippen molar-refractivity contribution in [2.24, 2.45) is 11.8 Å². The van der Waals surface area contributed by atoms with E-state index in [2.05, 4.69) is 31.4 Å². The van der Waals surface area contributed by atoms with Crippen molar-refractivity contribution in [3.63, 3.8) is 0 Å². The van der Waals surface area contributed by atoms with E-state index in [4.69, 9.17) is 0 Å². The van der Waals surface area contributed by atoms with E-state index < -0.39 is 0 Å². The van der Waals surface area contributed by atoms with Gasteiger partial charge in [-0.2, -0.15) is 0 Å². The highest BCUT2D eigenvalue weighted by Gasteiger charge is 2.24. The monoisotopic (exact) mass is 240 g/mol. The van der Waals surface area contributed by atoms with Crippen LogP contribution >= 0.6 is 0 Å². The van der Waals surface area contributed by atoms with Crippen LogP contribution in [0.2, 0.25) is 0 Å². The van der Waals surface area contributed by atoms with E-state index in [-0.39, 0.29) is 11.9 Å². The van der Waals surface area contributed by atoms with Gasteiger partial charge in [-0.05, 0) is 38.5 Å². The maximum atomic E-state index is 11.8. The second-order valence-electron chi connectivity index (χ2n) is 5.86. The molecule has 0 aromatic rings. The normalized spacial score (nSPS) is 20.5. The van der Waals surface area contributed by atoms with E-state index in [9.17, 15) is 4.79 Å². The van der Waals surface area contributed by atoms with Crippen LogP contribution in [0.1, 0.15) is 53.4 Å². The molecule has 0 aromatic heterocycles. The Morgan fingerprint density at radius 3 is 2.29 bits per heavy atom. The molecule has 100 valence electrons. The standard InChI is InChI=1S/C14H28N2O/c1-10(2)9-15-14(17)12(4)16-11(3)13-7-5-6-8-13/h10-13,16H,5-9H2,1-4H3,(H,15,17). The summed E-state index contributed by atoms with van der Waals surface area (Å²) in [6.07, 6.45) is 5.33. The Hall–Kier alpha value is -0.570. The topological polar surface area (TPSA) is 41.1 Å². The fourth-order valence-electron chi connectivity index (χ4n) is 2.52. The van der Waals surface area contributed by atoms with Crippen molar-refractivity contribution in [1.82, 2.24) is 10.6 Å². The predicted molar refractivity (Wildman–Crippen MR) is 71.9 cm³/mol. The van der Waals surface area contributed by atoms with Gasteiger partial charge in [0.2, 0.25) is 5.91 Å². The average Bonchev–Trinajstić information content (AvgIpc) is 2.78. The Morgan fingerprint density at radius 2 is 1.76 bits per heavy atom. The van der Waals surface area contributed by atoms with Gasteiger partial charge in [0, 0.05) is 12.6 Å². The van der Waals surface area contributed by atoms with Crippen LogP contribution in [0.4, 0.5) is 0 Å². The zero-order chi connectivity index (χ0) is 12.8. The van der Waals surface area contributed by atoms with Gasteiger partial charge < -0.3 is 10.6 Å². The molecule has 3 nitrogen and oxygen atoms in total. The van der Waals surface area contributed by atoms with Crippen LogP contribution < -0.4 is 10.6 Å². The zero-order valence-electron chi connectivity index (χ0n) is 11.8. The summed E-state index contributed by atoms with van der Waals surface area (Å²) in [7, 11) is 0. The number of hydrogen-bond acceptors (Lipinski definition) is 2. The highest BCUT2D eigenvalue weighted by molar-refractivity contribution is 5.81. The van der Waals surface area contributed by atoms with Crippen molar-refractivity contribution < 1.29 is 4.79 Å². The second kappa shape index (κ2) is 7.00. The molecule has 0 heterocycles. The minimum atomic E-state index is -0.0793. The molecule has 1 saturated carbocycles. The quantitative estimate of drug-likeness (QED) is 0.748. The molecular formula is C14H28N2O. The first-order valence-corrected chi connectivity index (χ1v) is 7.04. The summed E-state index contributed by atoms with van der Waals surface area (Å²) < 4.78 is 0. The van der Waals surface area contributed by atoms with Crippen LogP contribution in [-0.4, -0.2) is 24.5 Å². The van der Waals surface area contributed by atoms with Gasteiger partial charge in [0.15, 0.2) is 0 Å². The molecule has 0 aliphatic heterocycles. The van der Waals surface area contributed by atoms with Gasteiger partial charge in [0.05, 0.1) is 6.04 Å². The predicted octanol–water partition coefficient (Wildman–Crippen LogP) is 2.32. The fraction of sp³-hybridized carbons (Fsp3) is 0.929. The molecule has 17 heavy (non-hydrogen) atoms. The highest BCUT2D eigenvalue weighted by atomic mass is 16.2. The van der Waals surface area contributed by atoms with E-state index in [0.29, 0.717) is 12.0 Å². The number of rotatable bonds is 6. The fourth-order valence-corrected chi connectivity index (χ4v) is 2.52. The van der Waals surface area contributed by atoms with Crippen molar-refractivity contribution in [2.45, 2.75) is 65.5 Å². The van der Waals surface area contributed by atoms with Crippen molar-refractivity contribution in [2.75, 3.05) is 6.54 Å².